The molecule has 106 valence electrons. The van der Waals surface area contributed by atoms with Crippen molar-refractivity contribution in [3.63, 3.8) is 0 Å². The van der Waals surface area contributed by atoms with Gasteiger partial charge in [-0.05, 0) is 49.4 Å². The summed E-state index contributed by atoms with van der Waals surface area (Å²) in [6.45, 7) is 1.65. The molecule has 0 saturated carbocycles. The molecular weight excluding hydrogens is 262 g/mol. The topological polar surface area (TPSA) is 33.5 Å². The predicted molar refractivity (Wildman–Crippen MR) is 80.9 cm³/mol. The zero-order chi connectivity index (χ0) is 14.5. The number of amides is 1. The summed E-state index contributed by atoms with van der Waals surface area (Å²) in [5, 5.41) is 0. The fourth-order valence-electron chi connectivity index (χ4n) is 2.43. The Bertz CT molecular complexity index is 670. The smallest absolute Gasteiger partial charge is 0.289 e. The van der Waals surface area contributed by atoms with Crippen LogP contribution >= 0.6 is 0 Å². The van der Waals surface area contributed by atoms with E-state index in [0.29, 0.717) is 11.5 Å². The Hall–Kier alpha value is -2.47. The first kappa shape index (κ1) is 13.5. The number of likely N-dealkylation sites (tertiary alicyclic amines) is 1. The molecule has 0 aliphatic carbocycles. The van der Waals surface area contributed by atoms with Crippen LogP contribution in [-0.2, 0) is 0 Å². The van der Waals surface area contributed by atoms with Crippen LogP contribution in [0.5, 0.6) is 0 Å². The number of rotatable bonds is 1. The van der Waals surface area contributed by atoms with Crippen LogP contribution in [0.3, 0.4) is 0 Å². The number of carbonyl (C=O) groups excluding carboxylic acids is 1. The molecule has 21 heavy (non-hydrogen) atoms. The molecule has 2 aromatic rings. The molecule has 0 unspecified atom stereocenters. The monoisotopic (exact) mass is 279 g/mol. The molecule has 0 N–H and O–H groups in total. The summed E-state index contributed by atoms with van der Waals surface area (Å²) in [4.78, 5) is 14.1. The third-order valence-electron chi connectivity index (χ3n) is 3.56. The Morgan fingerprint density at radius 2 is 1.71 bits per heavy atom. The average Bonchev–Trinajstić information content (AvgIpc) is 3.03. The van der Waals surface area contributed by atoms with E-state index < -0.39 is 0 Å². The van der Waals surface area contributed by atoms with Gasteiger partial charge in [0.25, 0.3) is 5.91 Å². The quantitative estimate of drug-likeness (QED) is 0.750. The molecule has 1 aliphatic heterocycles. The number of hydrogen-bond acceptors (Lipinski definition) is 2. The highest BCUT2D eigenvalue weighted by molar-refractivity contribution is 5.91. The van der Waals surface area contributed by atoms with Gasteiger partial charge in [0.15, 0.2) is 11.5 Å². The third-order valence-corrected chi connectivity index (χ3v) is 3.56. The second-order valence-electron chi connectivity index (χ2n) is 5.13. The standard InChI is InChI=1S/C18H17NO2/c20-18(19-13-5-2-6-14-19)17-12-11-16(21-17)10-9-15-7-3-1-4-8-15/h1,3-4,7-8,11-12H,2,5-6,13-14H2. The molecule has 1 fully saturated rings. The SMILES string of the molecule is O=C(c1ccc(C#Cc2ccccc2)o1)N1CCCCC1. The van der Waals surface area contributed by atoms with Crippen molar-refractivity contribution in [3.05, 3.63) is 59.5 Å². The van der Waals surface area contributed by atoms with Gasteiger partial charge in [0, 0.05) is 18.7 Å². The van der Waals surface area contributed by atoms with E-state index in [1.54, 1.807) is 12.1 Å². The number of carbonyl (C=O) groups is 1. The lowest BCUT2D eigenvalue weighted by atomic mass is 10.1. The van der Waals surface area contributed by atoms with Crippen molar-refractivity contribution >= 4 is 5.91 Å². The lowest BCUT2D eigenvalue weighted by Gasteiger charge is -2.25. The number of hydrogen-bond donors (Lipinski definition) is 0. The molecule has 1 aliphatic rings. The number of nitrogens with zero attached hydrogens (tertiary/aromatic N) is 1. The maximum atomic E-state index is 12.3. The lowest BCUT2D eigenvalue weighted by Crippen LogP contribution is -2.35. The zero-order valence-electron chi connectivity index (χ0n) is 11.8. The molecule has 1 amide bonds. The summed E-state index contributed by atoms with van der Waals surface area (Å²) in [7, 11) is 0. The zero-order valence-corrected chi connectivity index (χ0v) is 11.8. The summed E-state index contributed by atoms with van der Waals surface area (Å²) in [6.07, 6.45) is 3.36. The fraction of sp³-hybridized carbons (Fsp3) is 0.278. The Labute approximate surface area is 124 Å². The maximum Gasteiger partial charge on any atom is 0.289 e. The minimum absolute atomic E-state index is 0.0255. The van der Waals surface area contributed by atoms with Crippen molar-refractivity contribution in [2.24, 2.45) is 0 Å². The van der Waals surface area contributed by atoms with Gasteiger partial charge >= 0.3 is 0 Å². The van der Waals surface area contributed by atoms with E-state index in [1.807, 2.05) is 35.2 Å². The van der Waals surface area contributed by atoms with Gasteiger partial charge in [0.2, 0.25) is 0 Å². The van der Waals surface area contributed by atoms with Crippen LogP contribution in [0.2, 0.25) is 0 Å². The van der Waals surface area contributed by atoms with Gasteiger partial charge in [-0.2, -0.15) is 0 Å². The molecule has 0 radical (unpaired) electrons. The van der Waals surface area contributed by atoms with Gasteiger partial charge in [0.05, 0.1) is 0 Å². The Balaban J connectivity index is 1.71. The number of benzene rings is 1. The van der Waals surface area contributed by atoms with Gasteiger partial charge in [-0.15, -0.1) is 0 Å². The third kappa shape index (κ3) is 3.35. The summed E-state index contributed by atoms with van der Waals surface area (Å²) >= 11 is 0. The van der Waals surface area contributed by atoms with Crippen molar-refractivity contribution in [2.75, 3.05) is 13.1 Å². The summed E-state index contributed by atoms with van der Waals surface area (Å²) in [6, 6.07) is 13.2. The van der Waals surface area contributed by atoms with E-state index in [9.17, 15) is 4.79 Å². The minimum atomic E-state index is -0.0255. The molecule has 0 atom stereocenters. The molecule has 3 nitrogen and oxygen atoms in total. The second kappa shape index (κ2) is 6.32. The van der Waals surface area contributed by atoms with E-state index in [0.717, 1.165) is 31.5 Å². The van der Waals surface area contributed by atoms with Crippen LogP contribution < -0.4 is 0 Å². The molecular formula is C18H17NO2. The highest BCUT2D eigenvalue weighted by atomic mass is 16.3. The van der Waals surface area contributed by atoms with Crippen LogP contribution in [0.4, 0.5) is 0 Å². The van der Waals surface area contributed by atoms with Crippen LogP contribution in [-0.4, -0.2) is 23.9 Å². The second-order valence-corrected chi connectivity index (χ2v) is 5.13. The highest BCUT2D eigenvalue weighted by Crippen LogP contribution is 2.15. The van der Waals surface area contributed by atoms with Crippen molar-refractivity contribution in [1.29, 1.82) is 0 Å². The Morgan fingerprint density at radius 3 is 2.48 bits per heavy atom. The van der Waals surface area contributed by atoms with E-state index in [4.69, 9.17) is 4.42 Å². The summed E-state index contributed by atoms with van der Waals surface area (Å²) in [5.74, 6) is 6.86. The van der Waals surface area contributed by atoms with Crippen molar-refractivity contribution < 1.29 is 9.21 Å². The van der Waals surface area contributed by atoms with E-state index in [1.165, 1.54) is 6.42 Å². The number of furan rings is 1. The predicted octanol–water partition coefficient (Wildman–Crippen LogP) is 3.31. The molecule has 2 heterocycles. The van der Waals surface area contributed by atoms with Crippen molar-refractivity contribution in [2.45, 2.75) is 19.3 Å². The first-order chi connectivity index (χ1) is 10.3. The van der Waals surface area contributed by atoms with E-state index in [-0.39, 0.29) is 5.91 Å². The lowest BCUT2D eigenvalue weighted by molar-refractivity contribution is 0.0691. The van der Waals surface area contributed by atoms with Gasteiger partial charge < -0.3 is 9.32 Å². The van der Waals surface area contributed by atoms with Gasteiger partial charge in [-0.25, -0.2) is 0 Å². The van der Waals surface area contributed by atoms with Gasteiger partial charge in [0.1, 0.15) is 0 Å². The summed E-state index contributed by atoms with van der Waals surface area (Å²) < 4.78 is 5.56. The molecule has 0 spiro atoms. The van der Waals surface area contributed by atoms with Crippen LogP contribution in [0.25, 0.3) is 0 Å². The molecule has 1 saturated heterocycles. The average molecular weight is 279 g/mol. The Morgan fingerprint density at radius 1 is 0.952 bits per heavy atom. The maximum absolute atomic E-state index is 12.3. The van der Waals surface area contributed by atoms with Crippen molar-refractivity contribution in [3.8, 4) is 11.8 Å². The van der Waals surface area contributed by atoms with E-state index >= 15 is 0 Å². The molecule has 3 rings (SSSR count). The molecule has 1 aromatic carbocycles. The van der Waals surface area contributed by atoms with Crippen LogP contribution in [0.1, 0.15) is 41.1 Å². The Kier molecular flexibility index (Phi) is 4.07. The molecule has 1 aromatic heterocycles. The summed E-state index contributed by atoms with van der Waals surface area (Å²) in [5.41, 5.74) is 0.929. The normalized spacial score (nSPS) is 14.4. The van der Waals surface area contributed by atoms with Crippen LogP contribution in [0, 0.1) is 11.8 Å². The minimum Gasteiger partial charge on any atom is -0.443 e. The number of piperidine rings is 1. The largest absolute Gasteiger partial charge is 0.443 e. The fourth-order valence-corrected chi connectivity index (χ4v) is 2.43. The molecule has 0 bridgehead atoms. The van der Waals surface area contributed by atoms with Gasteiger partial charge in [-0.1, -0.05) is 24.1 Å². The highest BCUT2D eigenvalue weighted by Gasteiger charge is 2.20. The first-order valence-corrected chi connectivity index (χ1v) is 7.29. The van der Waals surface area contributed by atoms with Crippen LogP contribution in [0.15, 0.2) is 46.9 Å². The molecule has 3 heteroatoms. The van der Waals surface area contributed by atoms with E-state index in [2.05, 4.69) is 11.8 Å². The van der Waals surface area contributed by atoms with Gasteiger partial charge in [-0.3, -0.25) is 4.79 Å². The van der Waals surface area contributed by atoms with Crippen molar-refractivity contribution in [1.82, 2.24) is 4.90 Å². The first-order valence-electron chi connectivity index (χ1n) is 7.29.